The number of rotatable bonds is 4. The number of carbonyl (C=O) groups excluding carboxylic acids is 1. The molecule has 1 aromatic heterocycles. The highest BCUT2D eigenvalue weighted by molar-refractivity contribution is 7.14. The summed E-state index contributed by atoms with van der Waals surface area (Å²) in [5, 5.41) is 16.2. The van der Waals surface area contributed by atoms with Crippen molar-refractivity contribution in [3.05, 3.63) is 74.1 Å². The Morgan fingerprint density at radius 2 is 1.92 bits per heavy atom. The summed E-state index contributed by atoms with van der Waals surface area (Å²) in [7, 11) is 0. The standard InChI is InChI=1S/C19H17N3O3S/c1-11-7-8-12(2)15(9-11)16-10-26-19(20-16)21-18(23)14-6-4-5-13(3)17(14)22(24)25/h4-10H,1-3H3,(H,20,21,23). The van der Waals surface area contributed by atoms with Crippen molar-refractivity contribution in [1.29, 1.82) is 0 Å². The first-order chi connectivity index (χ1) is 12.4. The Hall–Kier alpha value is -3.06. The van der Waals surface area contributed by atoms with Gasteiger partial charge in [-0.1, -0.05) is 29.8 Å². The smallest absolute Gasteiger partial charge is 0.285 e. The number of hydrogen-bond acceptors (Lipinski definition) is 5. The van der Waals surface area contributed by atoms with Crippen molar-refractivity contribution in [1.82, 2.24) is 4.98 Å². The van der Waals surface area contributed by atoms with Crippen LogP contribution in [-0.4, -0.2) is 15.8 Å². The van der Waals surface area contributed by atoms with E-state index in [4.69, 9.17) is 0 Å². The lowest BCUT2D eigenvalue weighted by Crippen LogP contribution is -2.14. The largest absolute Gasteiger partial charge is 0.298 e. The number of hydrogen-bond donors (Lipinski definition) is 1. The second-order valence-electron chi connectivity index (χ2n) is 6.04. The molecule has 0 fully saturated rings. The molecule has 0 spiro atoms. The van der Waals surface area contributed by atoms with Crippen molar-refractivity contribution >= 4 is 28.1 Å². The molecular weight excluding hydrogens is 350 g/mol. The Kier molecular flexibility index (Phi) is 4.81. The number of aromatic nitrogens is 1. The molecule has 0 saturated carbocycles. The van der Waals surface area contributed by atoms with Gasteiger partial charge in [0.2, 0.25) is 0 Å². The number of thiazole rings is 1. The summed E-state index contributed by atoms with van der Waals surface area (Å²) in [6, 6.07) is 10.8. The van der Waals surface area contributed by atoms with Gasteiger partial charge in [-0.15, -0.1) is 11.3 Å². The molecule has 0 unspecified atom stereocenters. The summed E-state index contributed by atoms with van der Waals surface area (Å²) in [4.78, 5) is 27.7. The monoisotopic (exact) mass is 367 g/mol. The van der Waals surface area contributed by atoms with Crippen molar-refractivity contribution in [2.24, 2.45) is 0 Å². The van der Waals surface area contributed by atoms with E-state index < -0.39 is 10.8 Å². The molecule has 0 aliphatic carbocycles. The molecule has 0 bridgehead atoms. The lowest BCUT2D eigenvalue weighted by Gasteiger charge is -2.05. The highest BCUT2D eigenvalue weighted by atomic mass is 32.1. The second-order valence-corrected chi connectivity index (χ2v) is 6.90. The number of amides is 1. The van der Waals surface area contributed by atoms with Crippen molar-refractivity contribution < 1.29 is 9.72 Å². The zero-order chi connectivity index (χ0) is 18.8. The topological polar surface area (TPSA) is 85.1 Å². The zero-order valence-electron chi connectivity index (χ0n) is 14.6. The number of nitro benzene ring substituents is 1. The van der Waals surface area contributed by atoms with Crippen LogP contribution in [0.25, 0.3) is 11.3 Å². The fourth-order valence-corrected chi connectivity index (χ4v) is 3.42. The number of nitrogens with one attached hydrogen (secondary N) is 1. The Balaban J connectivity index is 1.89. The average molecular weight is 367 g/mol. The van der Waals surface area contributed by atoms with Gasteiger partial charge in [0.25, 0.3) is 11.6 Å². The minimum absolute atomic E-state index is 0.0264. The first-order valence-electron chi connectivity index (χ1n) is 7.95. The van der Waals surface area contributed by atoms with Gasteiger partial charge in [-0.05, 0) is 38.5 Å². The van der Waals surface area contributed by atoms with Crippen LogP contribution in [0.5, 0.6) is 0 Å². The van der Waals surface area contributed by atoms with Crippen molar-refractivity contribution in [3.63, 3.8) is 0 Å². The highest BCUT2D eigenvalue weighted by Gasteiger charge is 2.23. The van der Waals surface area contributed by atoms with E-state index in [2.05, 4.69) is 10.3 Å². The van der Waals surface area contributed by atoms with Crippen LogP contribution in [0.2, 0.25) is 0 Å². The summed E-state index contributed by atoms with van der Waals surface area (Å²) in [5.41, 5.74) is 4.27. The Labute approximate surface area is 154 Å². The van der Waals surface area contributed by atoms with Crippen LogP contribution in [0.1, 0.15) is 27.0 Å². The minimum Gasteiger partial charge on any atom is -0.298 e. The Morgan fingerprint density at radius 1 is 1.15 bits per heavy atom. The lowest BCUT2D eigenvalue weighted by atomic mass is 10.0. The van der Waals surface area contributed by atoms with E-state index in [1.807, 2.05) is 37.4 Å². The van der Waals surface area contributed by atoms with Crippen LogP contribution < -0.4 is 5.32 Å². The predicted octanol–water partition coefficient (Wildman–Crippen LogP) is 4.90. The third-order valence-electron chi connectivity index (χ3n) is 4.06. The molecule has 0 atom stereocenters. The average Bonchev–Trinajstić information content (AvgIpc) is 3.04. The van der Waals surface area contributed by atoms with Gasteiger partial charge in [-0.2, -0.15) is 0 Å². The van der Waals surface area contributed by atoms with Crippen molar-refractivity contribution in [2.75, 3.05) is 5.32 Å². The molecule has 1 heterocycles. The lowest BCUT2D eigenvalue weighted by molar-refractivity contribution is -0.385. The molecule has 0 aliphatic heterocycles. The first-order valence-corrected chi connectivity index (χ1v) is 8.83. The molecule has 7 heteroatoms. The SMILES string of the molecule is Cc1ccc(C)c(-c2csc(NC(=O)c3cccc(C)c3[N+](=O)[O-])n2)c1. The first kappa shape index (κ1) is 17.8. The van der Waals surface area contributed by atoms with Crippen LogP contribution in [0, 0.1) is 30.9 Å². The molecule has 2 aromatic carbocycles. The van der Waals surface area contributed by atoms with Gasteiger partial charge in [0.05, 0.1) is 10.6 Å². The maximum absolute atomic E-state index is 12.5. The van der Waals surface area contributed by atoms with Gasteiger partial charge < -0.3 is 0 Å². The quantitative estimate of drug-likeness (QED) is 0.525. The van der Waals surface area contributed by atoms with Crippen LogP contribution in [0.3, 0.4) is 0 Å². The van der Waals surface area contributed by atoms with Crippen molar-refractivity contribution in [3.8, 4) is 11.3 Å². The molecule has 1 N–H and O–H groups in total. The molecule has 3 rings (SSSR count). The van der Waals surface area contributed by atoms with E-state index >= 15 is 0 Å². The fraction of sp³-hybridized carbons (Fsp3) is 0.158. The molecule has 0 saturated heterocycles. The summed E-state index contributed by atoms with van der Waals surface area (Å²) in [6.45, 7) is 5.62. The van der Waals surface area contributed by atoms with Crippen LogP contribution >= 0.6 is 11.3 Å². The van der Waals surface area contributed by atoms with Crippen molar-refractivity contribution in [2.45, 2.75) is 20.8 Å². The fourth-order valence-electron chi connectivity index (χ4n) is 2.72. The van der Waals surface area contributed by atoms with Gasteiger partial charge in [-0.3, -0.25) is 20.2 Å². The number of nitro groups is 1. The van der Waals surface area contributed by atoms with E-state index in [-0.39, 0.29) is 11.3 Å². The summed E-state index contributed by atoms with van der Waals surface area (Å²) in [6.07, 6.45) is 0. The number of benzene rings is 2. The molecule has 1 amide bonds. The maximum Gasteiger partial charge on any atom is 0.285 e. The second kappa shape index (κ2) is 7.05. The Morgan fingerprint density at radius 3 is 2.65 bits per heavy atom. The summed E-state index contributed by atoms with van der Waals surface area (Å²) < 4.78 is 0. The van der Waals surface area contributed by atoms with E-state index in [1.54, 1.807) is 19.1 Å². The number of nitrogens with zero attached hydrogens (tertiary/aromatic N) is 2. The normalized spacial score (nSPS) is 10.6. The summed E-state index contributed by atoms with van der Waals surface area (Å²) >= 11 is 1.29. The molecule has 132 valence electrons. The van der Waals surface area contributed by atoms with Crippen LogP contribution in [-0.2, 0) is 0 Å². The third-order valence-corrected chi connectivity index (χ3v) is 4.82. The summed E-state index contributed by atoms with van der Waals surface area (Å²) in [5.74, 6) is -0.540. The van der Waals surface area contributed by atoms with Gasteiger partial charge in [0, 0.05) is 16.5 Å². The van der Waals surface area contributed by atoms with E-state index in [9.17, 15) is 14.9 Å². The minimum atomic E-state index is -0.540. The van der Waals surface area contributed by atoms with E-state index in [0.29, 0.717) is 10.7 Å². The molecule has 6 nitrogen and oxygen atoms in total. The third kappa shape index (κ3) is 3.48. The van der Waals surface area contributed by atoms with Gasteiger partial charge >= 0.3 is 0 Å². The maximum atomic E-state index is 12.5. The molecular formula is C19H17N3O3S. The number of anilines is 1. The predicted molar refractivity (Wildman–Crippen MR) is 103 cm³/mol. The van der Waals surface area contributed by atoms with E-state index in [1.165, 1.54) is 17.4 Å². The van der Waals surface area contributed by atoms with Gasteiger partial charge in [0.1, 0.15) is 5.56 Å². The van der Waals surface area contributed by atoms with Crippen LogP contribution in [0.4, 0.5) is 10.8 Å². The van der Waals surface area contributed by atoms with Gasteiger partial charge in [0.15, 0.2) is 5.13 Å². The Bertz CT molecular complexity index is 1010. The number of aryl methyl sites for hydroxylation is 3. The number of para-hydroxylation sites is 1. The number of carbonyl (C=O) groups is 1. The molecule has 3 aromatic rings. The molecule has 26 heavy (non-hydrogen) atoms. The van der Waals surface area contributed by atoms with Gasteiger partial charge in [-0.25, -0.2) is 4.98 Å². The van der Waals surface area contributed by atoms with E-state index in [0.717, 1.165) is 22.4 Å². The zero-order valence-corrected chi connectivity index (χ0v) is 15.4. The molecule has 0 aliphatic rings. The van der Waals surface area contributed by atoms with Crippen LogP contribution in [0.15, 0.2) is 41.8 Å². The molecule has 0 radical (unpaired) electrons. The highest BCUT2D eigenvalue weighted by Crippen LogP contribution is 2.29.